The minimum Gasteiger partial charge on any atom is -0.0882 e. The van der Waals surface area contributed by atoms with Crippen molar-refractivity contribution in [3.05, 3.63) is 10.1 Å². The van der Waals surface area contributed by atoms with E-state index in [0.717, 1.165) is 0 Å². The Balaban J connectivity index is 3.72. The first-order valence-corrected chi connectivity index (χ1v) is 3.63. The molecule has 0 saturated carbocycles. The van der Waals surface area contributed by atoms with Crippen LogP contribution in [-0.4, -0.2) is 5.33 Å². The first-order valence-electron chi connectivity index (χ1n) is 1.75. The van der Waals surface area contributed by atoms with E-state index in [2.05, 4.69) is 15.9 Å². The molecule has 0 aromatic carbocycles. The molecule has 0 heterocycles. The van der Waals surface area contributed by atoms with Gasteiger partial charge in [0.2, 0.25) is 0 Å². The van der Waals surface area contributed by atoms with Gasteiger partial charge in [0.1, 0.15) is 0 Å². The van der Waals surface area contributed by atoms with Gasteiger partial charge in [-0.3, -0.25) is 0 Å². The smallest absolute Gasteiger partial charge is 0.0428 e. The Morgan fingerprint density at radius 2 is 2.00 bits per heavy atom. The Morgan fingerprint density at radius 3 is 2.00 bits per heavy atom. The Kier molecular flexibility index (Phi) is 4.19. The summed E-state index contributed by atoms with van der Waals surface area (Å²) in [6.07, 6.45) is 0. The van der Waals surface area contributed by atoms with Gasteiger partial charge in [-0.25, -0.2) is 0 Å². The zero-order valence-corrected chi connectivity index (χ0v) is 6.94. The Morgan fingerprint density at radius 1 is 1.57 bits per heavy atom. The van der Waals surface area contributed by atoms with E-state index in [1.807, 2.05) is 0 Å². The lowest BCUT2D eigenvalue weighted by molar-refractivity contribution is 1.56. The lowest BCUT2D eigenvalue weighted by Gasteiger charge is -1.87. The van der Waals surface area contributed by atoms with E-state index < -0.39 is 0 Å². The molecule has 0 saturated heterocycles. The van der Waals surface area contributed by atoms with Crippen molar-refractivity contribution in [2.45, 2.75) is 6.92 Å². The molecule has 0 radical (unpaired) electrons. The molecule has 0 N–H and O–H groups in total. The van der Waals surface area contributed by atoms with Crippen LogP contribution in [0, 0.1) is 0 Å². The topological polar surface area (TPSA) is 0 Å². The van der Waals surface area contributed by atoms with Gasteiger partial charge >= 0.3 is 0 Å². The van der Waals surface area contributed by atoms with Crippen LogP contribution in [0.2, 0.25) is 0 Å². The first kappa shape index (κ1) is 7.80. The van der Waals surface area contributed by atoms with Gasteiger partial charge in [0.05, 0.1) is 0 Å². The molecule has 0 fully saturated rings. The van der Waals surface area contributed by atoms with Crippen LogP contribution in [0.25, 0.3) is 0 Å². The van der Waals surface area contributed by atoms with E-state index in [0.29, 0.717) is 15.4 Å². The largest absolute Gasteiger partial charge is 0.0882 e. The Hall–Kier alpha value is 0.800. The minimum atomic E-state index is 0.643. The van der Waals surface area contributed by atoms with Gasteiger partial charge in [-0.1, -0.05) is 39.1 Å². The lowest BCUT2D eigenvalue weighted by atomic mass is 10.6. The molecule has 0 amide bonds. The zero-order valence-electron chi connectivity index (χ0n) is 3.84. The molecule has 42 valence electrons. The highest BCUT2D eigenvalue weighted by atomic mass is 79.9. The average Bonchev–Trinajstić information content (AvgIpc) is 1.65. The summed E-state index contributed by atoms with van der Waals surface area (Å²) in [5.74, 6) is 0. The van der Waals surface area contributed by atoms with Crippen molar-refractivity contribution in [3.8, 4) is 0 Å². The quantitative estimate of drug-likeness (QED) is 0.575. The molecule has 0 aliphatic carbocycles. The van der Waals surface area contributed by atoms with E-state index in [4.69, 9.17) is 23.2 Å². The van der Waals surface area contributed by atoms with Crippen molar-refractivity contribution in [2.75, 3.05) is 5.33 Å². The summed E-state index contributed by atoms with van der Waals surface area (Å²) in [7, 11) is 0. The van der Waals surface area contributed by atoms with Crippen molar-refractivity contribution in [3.63, 3.8) is 0 Å². The molecular weight excluding hydrogens is 199 g/mol. The lowest BCUT2D eigenvalue weighted by Crippen LogP contribution is -1.71. The van der Waals surface area contributed by atoms with Gasteiger partial charge < -0.3 is 0 Å². The van der Waals surface area contributed by atoms with Crippen molar-refractivity contribution in [1.82, 2.24) is 0 Å². The standard InChI is InChI=1S/C4H5BrCl2/c1-3(6)4(7)2-5/h2H2,1H3. The molecule has 0 rings (SSSR count). The van der Waals surface area contributed by atoms with E-state index >= 15 is 0 Å². The van der Waals surface area contributed by atoms with E-state index in [1.54, 1.807) is 6.92 Å². The van der Waals surface area contributed by atoms with Crippen molar-refractivity contribution in [1.29, 1.82) is 0 Å². The maximum absolute atomic E-state index is 5.50. The normalized spacial score (nSPS) is 13.7. The third kappa shape index (κ3) is 3.39. The van der Waals surface area contributed by atoms with Gasteiger partial charge in [0.25, 0.3) is 0 Å². The highest BCUT2D eigenvalue weighted by Gasteiger charge is 1.89. The van der Waals surface area contributed by atoms with Gasteiger partial charge in [-0.15, -0.1) is 0 Å². The van der Waals surface area contributed by atoms with Crippen LogP contribution in [0.1, 0.15) is 6.92 Å². The molecule has 0 bridgehead atoms. The Bertz CT molecular complexity index is 83.7. The van der Waals surface area contributed by atoms with Gasteiger partial charge in [-0.2, -0.15) is 0 Å². The fourth-order valence-corrected chi connectivity index (χ4v) is 0.741. The zero-order chi connectivity index (χ0) is 5.86. The van der Waals surface area contributed by atoms with Crippen molar-refractivity contribution < 1.29 is 0 Å². The monoisotopic (exact) mass is 202 g/mol. The predicted molar refractivity (Wildman–Crippen MR) is 38.2 cm³/mol. The highest BCUT2D eigenvalue weighted by molar-refractivity contribution is 9.09. The third-order valence-electron chi connectivity index (χ3n) is 0.491. The molecule has 7 heavy (non-hydrogen) atoms. The molecule has 0 aromatic heterocycles. The summed E-state index contributed by atoms with van der Waals surface area (Å²) < 4.78 is 0. The van der Waals surface area contributed by atoms with Crippen LogP contribution in [0.5, 0.6) is 0 Å². The van der Waals surface area contributed by atoms with Gasteiger partial charge in [-0.05, 0) is 6.92 Å². The summed E-state index contributed by atoms with van der Waals surface area (Å²) in [5, 5.41) is 1.96. The minimum absolute atomic E-state index is 0.643. The number of allylic oxidation sites excluding steroid dienone is 2. The highest BCUT2D eigenvalue weighted by Crippen LogP contribution is 2.14. The van der Waals surface area contributed by atoms with Crippen LogP contribution in [0.15, 0.2) is 10.1 Å². The summed E-state index contributed by atoms with van der Waals surface area (Å²) in [4.78, 5) is 0. The number of hydrogen-bond acceptors (Lipinski definition) is 0. The van der Waals surface area contributed by atoms with Crippen LogP contribution >= 0.6 is 39.1 Å². The fraction of sp³-hybridized carbons (Fsp3) is 0.500. The average molecular weight is 204 g/mol. The SMILES string of the molecule is CC(Cl)=C(Cl)CBr. The molecule has 0 atom stereocenters. The Labute approximate surface area is 61.6 Å². The van der Waals surface area contributed by atoms with Crippen molar-refractivity contribution >= 4 is 39.1 Å². The molecular formula is C4H5BrCl2. The van der Waals surface area contributed by atoms with Crippen LogP contribution < -0.4 is 0 Å². The molecule has 0 spiro atoms. The van der Waals surface area contributed by atoms with E-state index in [1.165, 1.54) is 0 Å². The predicted octanol–water partition coefficient (Wildman–Crippen LogP) is 3.09. The van der Waals surface area contributed by atoms with Gasteiger partial charge in [0.15, 0.2) is 0 Å². The number of rotatable bonds is 1. The van der Waals surface area contributed by atoms with E-state index in [9.17, 15) is 0 Å². The summed E-state index contributed by atoms with van der Waals surface area (Å²) in [6, 6.07) is 0. The summed E-state index contributed by atoms with van der Waals surface area (Å²) >= 11 is 14.1. The molecule has 0 aliphatic rings. The van der Waals surface area contributed by atoms with E-state index in [-0.39, 0.29) is 0 Å². The third-order valence-corrected chi connectivity index (χ3v) is 2.12. The molecule has 3 heteroatoms. The number of halogens is 3. The first-order chi connectivity index (χ1) is 3.18. The second-order valence-electron chi connectivity index (χ2n) is 1.07. The molecule has 0 unspecified atom stereocenters. The number of hydrogen-bond donors (Lipinski definition) is 0. The van der Waals surface area contributed by atoms with Crippen molar-refractivity contribution in [2.24, 2.45) is 0 Å². The number of alkyl halides is 1. The second-order valence-corrected chi connectivity index (χ2v) is 2.66. The molecule has 0 aromatic rings. The fourth-order valence-electron chi connectivity index (χ4n) is 0.0921. The molecule has 0 nitrogen and oxygen atoms in total. The second kappa shape index (κ2) is 3.76. The molecule has 0 aliphatic heterocycles. The van der Waals surface area contributed by atoms with Gasteiger partial charge in [0, 0.05) is 15.4 Å². The van der Waals surface area contributed by atoms with Crippen LogP contribution in [-0.2, 0) is 0 Å². The van der Waals surface area contributed by atoms with Crippen LogP contribution in [0.3, 0.4) is 0 Å². The maximum atomic E-state index is 5.50. The maximum Gasteiger partial charge on any atom is 0.0428 e. The summed E-state index contributed by atoms with van der Waals surface area (Å²) in [5.41, 5.74) is 0. The summed E-state index contributed by atoms with van der Waals surface area (Å²) in [6.45, 7) is 1.76. The van der Waals surface area contributed by atoms with Crippen LogP contribution in [0.4, 0.5) is 0 Å².